The average molecular weight is 664 g/mol. The lowest BCUT2D eigenvalue weighted by molar-refractivity contribution is -0.147. The van der Waals surface area contributed by atoms with E-state index in [0.29, 0.717) is 31.5 Å². The van der Waals surface area contributed by atoms with Crippen molar-refractivity contribution in [2.24, 2.45) is 0 Å². The molecule has 3 amide bonds. The van der Waals surface area contributed by atoms with Crippen LogP contribution < -0.4 is 10.6 Å². The zero-order valence-corrected chi connectivity index (χ0v) is 27.8. The highest BCUT2D eigenvalue weighted by Crippen LogP contribution is 2.34. The van der Waals surface area contributed by atoms with Gasteiger partial charge in [-0.3, -0.25) is 9.59 Å². The van der Waals surface area contributed by atoms with Gasteiger partial charge in [0.15, 0.2) is 5.54 Å². The maximum absolute atomic E-state index is 14.2. The average Bonchev–Trinajstić information content (AvgIpc) is 3.80. The molecule has 1 aromatic carbocycles. The highest BCUT2D eigenvalue weighted by atomic mass is 32.1. The molecule has 4 heterocycles. The van der Waals surface area contributed by atoms with Crippen LogP contribution in [0.2, 0.25) is 0 Å². The van der Waals surface area contributed by atoms with E-state index in [1.165, 1.54) is 27.1 Å². The van der Waals surface area contributed by atoms with Crippen LogP contribution in [-0.2, 0) is 19.1 Å². The molecule has 1 fully saturated rings. The van der Waals surface area contributed by atoms with E-state index in [1.807, 2.05) is 42.5 Å². The number of fused-ring (bicyclic) bond motifs is 1. The molecule has 3 N–H and O–H groups in total. The summed E-state index contributed by atoms with van der Waals surface area (Å²) in [5.74, 6) is -1.86. The minimum Gasteiger partial charge on any atom is -0.479 e. The number of amides is 3. The zero-order chi connectivity index (χ0) is 33.8. The number of hydrogen-bond acceptors (Lipinski definition) is 9. The third kappa shape index (κ3) is 7.87. The molecule has 0 saturated carbocycles. The van der Waals surface area contributed by atoms with Gasteiger partial charge in [0.1, 0.15) is 17.7 Å². The molecule has 2 aliphatic rings. The van der Waals surface area contributed by atoms with Gasteiger partial charge in [-0.05, 0) is 69.4 Å². The molecule has 250 valence electrons. The molecule has 3 aromatic rings. The molecule has 0 aliphatic carbocycles. The number of allylic oxidation sites excluding steroid dienone is 1. The van der Waals surface area contributed by atoms with Gasteiger partial charge in [0, 0.05) is 17.8 Å². The Bertz CT molecular complexity index is 1630. The first-order chi connectivity index (χ1) is 22.4. The third-order valence-corrected chi connectivity index (χ3v) is 9.43. The summed E-state index contributed by atoms with van der Waals surface area (Å²) in [7, 11) is 0. The number of aliphatic carboxylic acids is 1. The summed E-state index contributed by atoms with van der Waals surface area (Å²) in [5, 5.41) is 28.8. The molecule has 0 radical (unpaired) electrons. The first kappa shape index (κ1) is 33.8. The fourth-order valence-corrected chi connectivity index (χ4v) is 6.73. The molecule has 4 atom stereocenters. The Kier molecular flexibility index (Phi) is 10.1. The number of carboxylic acid groups (broad SMARTS) is 1. The molecule has 14 heteroatoms. The van der Waals surface area contributed by atoms with Gasteiger partial charge in [0.2, 0.25) is 17.6 Å². The van der Waals surface area contributed by atoms with Crippen LogP contribution in [0.1, 0.15) is 72.3 Å². The van der Waals surface area contributed by atoms with Gasteiger partial charge in [-0.15, -0.1) is 21.5 Å². The Balaban J connectivity index is 1.44. The molecule has 47 heavy (non-hydrogen) atoms. The monoisotopic (exact) mass is 663 g/mol. The van der Waals surface area contributed by atoms with Crippen LogP contribution in [0.25, 0.3) is 21.1 Å². The summed E-state index contributed by atoms with van der Waals surface area (Å²) in [6.07, 6.45) is 4.85. The van der Waals surface area contributed by atoms with E-state index in [1.54, 1.807) is 33.8 Å². The Morgan fingerprint density at radius 3 is 2.57 bits per heavy atom. The van der Waals surface area contributed by atoms with Gasteiger partial charge in [0.05, 0.1) is 10.9 Å². The molecule has 0 unspecified atom stereocenters. The molecule has 0 bridgehead atoms. The maximum atomic E-state index is 14.2. The predicted octanol–water partition coefficient (Wildman–Crippen LogP) is 4.58. The number of nitrogens with one attached hydrogen (secondary N) is 2. The fraction of sp³-hybridized carbons (Fsp3) is 0.485. The molecule has 13 nitrogen and oxygen atoms in total. The number of hydrogen-bond donors (Lipinski definition) is 3. The largest absolute Gasteiger partial charge is 0.479 e. The van der Waals surface area contributed by atoms with Crippen LogP contribution in [-0.4, -0.2) is 83.9 Å². The van der Waals surface area contributed by atoms with E-state index < -0.39 is 53.1 Å². The normalized spacial score (nSPS) is 24.7. The van der Waals surface area contributed by atoms with Gasteiger partial charge >= 0.3 is 12.1 Å². The van der Waals surface area contributed by atoms with Crippen molar-refractivity contribution in [2.75, 3.05) is 6.54 Å². The predicted molar refractivity (Wildman–Crippen MR) is 175 cm³/mol. The Morgan fingerprint density at radius 2 is 1.87 bits per heavy atom. The summed E-state index contributed by atoms with van der Waals surface area (Å²) in [4.78, 5) is 58.0. The van der Waals surface area contributed by atoms with Gasteiger partial charge < -0.3 is 25.4 Å². The van der Waals surface area contributed by atoms with E-state index in [9.17, 15) is 24.3 Å². The molecule has 2 aromatic heterocycles. The van der Waals surface area contributed by atoms with Crippen molar-refractivity contribution in [2.45, 2.75) is 95.5 Å². The van der Waals surface area contributed by atoms with Crippen LogP contribution >= 0.6 is 11.3 Å². The Labute approximate surface area is 277 Å². The zero-order valence-electron chi connectivity index (χ0n) is 27.0. The van der Waals surface area contributed by atoms with Crippen molar-refractivity contribution in [3.8, 4) is 21.1 Å². The number of carbonyl (C=O) groups excluding carboxylic acids is 3. The van der Waals surface area contributed by atoms with E-state index in [2.05, 4.69) is 26.0 Å². The van der Waals surface area contributed by atoms with Crippen LogP contribution in [0.4, 0.5) is 4.79 Å². The van der Waals surface area contributed by atoms with Crippen molar-refractivity contribution in [3.05, 3.63) is 54.6 Å². The van der Waals surface area contributed by atoms with Crippen LogP contribution in [0.15, 0.2) is 54.6 Å². The topological polar surface area (TPSA) is 169 Å². The van der Waals surface area contributed by atoms with E-state index in [4.69, 9.17) is 4.74 Å². The summed E-state index contributed by atoms with van der Waals surface area (Å²) in [6, 6.07) is 11.3. The SMILES string of the molecule is CC[C@]1(C(=O)O)/C=C\CCCC[C@H](NC(=O)OC(C)(C)C)C(=O)N2C[C@H](n3nnc(-c4ccc(-c5ccccc5)s4)n3)C[C@H]2C(=O)N1. The number of tetrazole rings is 1. The Morgan fingerprint density at radius 1 is 1.13 bits per heavy atom. The van der Waals surface area contributed by atoms with Crippen molar-refractivity contribution >= 4 is 35.2 Å². The molecular weight excluding hydrogens is 622 g/mol. The second kappa shape index (κ2) is 14.0. The van der Waals surface area contributed by atoms with E-state index in [-0.39, 0.29) is 19.4 Å². The van der Waals surface area contributed by atoms with Crippen LogP contribution in [0, 0.1) is 0 Å². The number of benzene rings is 1. The minimum absolute atomic E-state index is 0.0565. The summed E-state index contributed by atoms with van der Waals surface area (Å²) >= 11 is 1.53. The van der Waals surface area contributed by atoms with Crippen molar-refractivity contribution < 1.29 is 29.0 Å². The van der Waals surface area contributed by atoms with E-state index >= 15 is 0 Å². The van der Waals surface area contributed by atoms with Gasteiger partial charge in [-0.25, -0.2) is 9.59 Å². The molecule has 5 rings (SSSR count). The number of carbonyl (C=O) groups is 4. The molecule has 1 saturated heterocycles. The number of thiophene rings is 1. The summed E-state index contributed by atoms with van der Waals surface area (Å²) in [6.45, 7) is 6.94. The lowest BCUT2D eigenvalue weighted by atomic mass is 9.94. The lowest BCUT2D eigenvalue weighted by Gasteiger charge is -2.32. The first-order valence-corrected chi connectivity index (χ1v) is 16.7. The quantitative estimate of drug-likeness (QED) is 0.320. The molecule has 2 aliphatic heterocycles. The number of carboxylic acids is 1. The van der Waals surface area contributed by atoms with Crippen LogP contribution in [0.3, 0.4) is 0 Å². The fourth-order valence-electron chi connectivity index (χ4n) is 5.80. The van der Waals surface area contributed by atoms with Crippen molar-refractivity contribution in [3.63, 3.8) is 0 Å². The number of rotatable bonds is 6. The van der Waals surface area contributed by atoms with Gasteiger partial charge in [-0.1, -0.05) is 55.8 Å². The lowest BCUT2D eigenvalue weighted by Crippen LogP contribution is -2.59. The van der Waals surface area contributed by atoms with Gasteiger partial charge in [-0.2, -0.15) is 4.80 Å². The highest BCUT2D eigenvalue weighted by molar-refractivity contribution is 7.18. The highest BCUT2D eigenvalue weighted by Gasteiger charge is 2.46. The smallest absolute Gasteiger partial charge is 0.408 e. The summed E-state index contributed by atoms with van der Waals surface area (Å²) in [5.41, 5.74) is -1.34. The second-order valence-electron chi connectivity index (χ2n) is 12.9. The first-order valence-electron chi connectivity index (χ1n) is 15.9. The molecule has 0 spiro atoms. The second-order valence-corrected chi connectivity index (χ2v) is 13.9. The number of alkyl carbamates (subject to hydrolysis) is 1. The standard InChI is InChI=1S/C33H41N7O6S/c1-5-33(30(43)44)18-12-7-6-11-15-23(34-31(45)46-32(2,3)4)29(42)39-20-22(19-24(39)28(41)35-33)40-37-27(36-38-40)26-17-16-25(47-26)21-13-9-8-10-14-21/h8-10,12-14,16-18,22-24H,5-7,11,15,19-20H2,1-4H3,(H,34,45)(H,35,41)(H,43,44)/b18-12-/t22-,23+,24+,33-/m1/s1. The van der Waals surface area contributed by atoms with Gasteiger partial charge in [0.25, 0.3) is 0 Å². The summed E-state index contributed by atoms with van der Waals surface area (Å²) < 4.78 is 5.44. The number of aromatic nitrogens is 4. The number of nitrogens with zero attached hydrogens (tertiary/aromatic N) is 5. The van der Waals surface area contributed by atoms with Crippen LogP contribution in [0.5, 0.6) is 0 Å². The maximum Gasteiger partial charge on any atom is 0.408 e. The Hall–Kier alpha value is -4.59. The van der Waals surface area contributed by atoms with Crippen molar-refractivity contribution in [1.82, 2.24) is 35.7 Å². The van der Waals surface area contributed by atoms with Crippen molar-refractivity contribution in [1.29, 1.82) is 0 Å². The third-order valence-electron chi connectivity index (χ3n) is 8.29. The molecular formula is C33H41N7O6S. The minimum atomic E-state index is -1.64. The number of ether oxygens (including phenoxy) is 1. The van der Waals surface area contributed by atoms with E-state index in [0.717, 1.165) is 15.3 Å².